The Morgan fingerprint density at radius 3 is 2.50 bits per heavy atom. The molecule has 1 unspecified atom stereocenters. The third-order valence-electron chi connectivity index (χ3n) is 8.61. The molecular formula is C27H33N3. The summed E-state index contributed by atoms with van der Waals surface area (Å²) in [6, 6.07) is 9.55. The highest BCUT2D eigenvalue weighted by molar-refractivity contribution is 6.00. The molecule has 1 saturated heterocycles. The maximum Gasteiger partial charge on any atom is 0.117 e. The van der Waals surface area contributed by atoms with Gasteiger partial charge < -0.3 is 9.47 Å². The van der Waals surface area contributed by atoms with Gasteiger partial charge in [-0.1, -0.05) is 43.5 Å². The monoisotopic (exact) mass is 399 g/mol. The minimum Gasteiger partial charge on any atom is -0.363 e. The first-order chi connectivity index (χ1) is 14.4. The summed E-state index contributed by atoms with van der Waals surface area (Å²) >= 11 is 0. The number of hydrogen-bond donors (Lipinski definition) is 0. The number of hydrogen-bond acceptors (Lipinski definition) is 2. The second-order valence-electron chi connectivity index (χ2n) is 10.7. The molecule has 2 aliphatic heterocycles. The Morgan fingerprint density at radius 1 is 1.00 bits per heavy atom. The maximum atomic E-state index is 4.70. The molecule has 3 heterocycles. The maximum absolute atomic E-state index is 4.70. The van der Waals surface area contributed by atoms with Gasteiger partial charge in [0, 0.05) is 47.0 Å². The molecule has 0 N–H and O–H groups in total. The van der Waals surface area contributed by atoms with E-state index in [2.05, 4.69) is 67.6 Å². The standard InChI is InChI=1S/C27H33N3/c1-18-20-10-6-7-11-21(20)25-22(16-23-28-14-15-29(23)25)24(18)30-19(2)27(17-26(30,3)4)12-8-5-9-13-27/h6-7,10-11,14-15,19H,5,8-9,12-13,16-17H2,1-4H3. The smallest absolute Gasteiger partial charge is 0.117 e. The van der Waals surface area contributed by atoms with Gasteiger partial charge in [0.05, 0.1) is 5.69 Å². The fourth-order valence-corrected chi connectivity index (χ4v) is 7.48. The number of rotatable bonds is 1. The minimum atomic E-state index is 0.169. The van der Waals surface area contributed by atoms with Crippen molar-refractivity contribution >= 4 is 16.5 Å². The molecule has 3 nitrogen and oxygen atoms in total. The Bertz CT molecular complexity index is 1150. The molecule has 0 amide bonds. The number of nitrogens with zero attached hydrogens (tertiary/aromatic N) is 3. The first-order valence-electron chi connectivity index (χ1n) is 11.8. The number of aryl methyl sites for hydroxylation is 1. The Morgan fingerprint density at radius 2 is 1.73 bits per heavy atom. The van der Waals surface area contributed by atoms with Gasteiger partial charge in [-0.15, -0.1) is 0 Å². The van der Waals surface area contributed by atoms with Crippen LogP contribution in [0.4, 0.5) is 5.69 Å². The summed E-state index contributed by atoms with van der Waals surface area (Å²) < 4.78 is 2.34. The van der Waals surface area contributed by atoms with Crippen LogP contribution in [-0.2, 0) is 6.42 Å². The molecule has 1 aliphatic carbocycles. The van der Waals surface area contributed by atoms with Gasteiger partial charge in [0.1, 0.15) is 5.82 Å². The van der Waals surface area contributed by atoms with E-state index in [1.54, 1.807) is 0 Å². The van der Waals surface area contributed by atoms with E-state index >= 15 is 0 Å². The second-order valence-corrected chi connectivity index (χ2v) is 10.7. The molecule has 3 heteroatoms. The highest BCUT2D eigenvalue weighted by Crippen LogP contribution is 2.57. The quantitative estimate of drug-likeness (QED) is 0.361. The Balaban J connectivity index is 1.62. The lowest BCUT2D eigenvalue weighted by molar-refractivity contribution is 0.170. The van der Waals surface area contributed by atoms with E-state index in [0.29, 0.717) is 11.5 Å². The van der Waals surface area contributed by atoms with Gasteiger partial charge in [0.25, 0.3) is 0 Å². The van der Waals surface area contributed by atoms with E-state index < -0.39 is 0 Å². The van der Waals surface area contributed by atoms with Gasteiger partial charge in [0.15, 0.2) is 0 Å². The SMILES string of the molecule is Cc1c(N2C(C)C3(CCCCC3)CC2(C)C)c2c(c3ccccc13)-n1ccnc1C2. The van der Waals surface area contributed by atoms with Crippen molar-refractivity contribution in [1.29, 1.82) is 0 Å². The summed E-state index contributed by atoms with van der Waals surface area (Å²) in [5, 5.41) is 2.75. The Labute approximate surface area is 180 Å². The van der Waals surface area contributed by atoms with Crippen LogP contribution in [0.3, 0.4) is 0 Å². The number of fused-ring (bicyclic) bond motifs is 5. The van der Waals surface area contributed by atoms with E-state index in [1.165, 1.54) is 77.6 Å². The van der Waals surface area contributed by atoms with Crippen LogP contribution in [0.5, 0.6) is 0 Å². The number of aromatic nitrogens is 2. The average molecular weight is 400 g/mol. The zero-order valence-corrected chi connectivity index (χ0v) is 18.8. The van der Waals surface area contributed by atoms with Crippen LogP contribution in [0.1, 0.15) is 76.2 Å². The lowest BCUT2D eigenvalue weighted by Crippen LogP contribution is -2.45. The largest absolute Gasteiger partial charge is 0.363 e. The van der Waals surface area contributed by atoms with Gasteiger partial charge in [-0.05, 0) is 63.3 Å². The Kier molecular flexibility index (Phi) is 3.77. The zero-order chi connectivity index (χ0) is 20.7. The fraction of sp³-hybridized carbons (Fsp3) is 0.519. The fourth-order valence-electron chi connectivity index (χ4n) is 7.48. The molecule has 2 fully saturated rings. The van der Waals surface area contributed by atoms with Gasteiger partial charge in [0.2, 0.25) is 0 Å². The third kappa shape index (κ3) is 2.29. The molecule has 0 radical (unpaired) electrons. The van der Waals surface area contributed by atoms with Crippen LogP contribution < -0.4 is 4.90 Å². The topological polar surface area (TPSA) is 21.1 Å². The average Bonchev–Trinajstić information content (AvgIpc) is 3.36. The van der Waals surface area contributed by atoms with Crippen molar-refractivity contribution in [3.05, 3.63) is 53.6 Å². The molecule has 1 atom stereocenters. The van der Waals surface area contributed by atoms with Crippen LogP contribution >= 0.6 is 0 Å². The molecule has 6 rings (SSSR count). The Hall–Kier alpha value is -2.29. The summed E-state index contributed by atoms with van der Waals surface area (Å²) in [6.07, 6.45) is 13.4. The summed E-state index contributed by atoms with van der Waals surface area (Å²) in [5.74, 6) is 1.18. The van der Waals surface area contributed by atoms with Crippen molar-refractivity contribution in [3.63, 3.8) is 0 Å². The number of benzene rings is 2. The summed E-state index contributed by atoms with van der Waals surface area (Å²) in [6.45, 7) is 9.85. The predicted molar refractivity (Wildman–Crippen MR) is 125 cm³/mol. The van der Waals surface area contributed by atoms with Crippen LogP contribution in [0, 0.1) is 12.3 Å². The minimum absolute atomic E-state index is 0.169. The van der Waals surface area contributed by atoms with E-state index in [4.69, 9.17) is 4.98 Å². The van der Waals surface area contributed by atoms with Gasteiger partial charge >= 0.3 is 0 Å². The molecule has 30 heavy (non-hydrogen) atoms. The lowest BCUT2D eigenvalue weighted by atomic mass is 9.68. The molecular weight excluding hydrogens is 366 g/mol. The van der Waals surface area contributed by atoms with Crippen molar-refractivity contribution in [1.82, 2.24) is 9.55 Å². The first kappa shape index (κ1) is 18.5. The highest BCUT2D eigenvalue weighted by atomic mass is 15.3. The summed E-state index contributed by atoms with van der Waals surface area (Å²) in [4.78, 5) is 7.54. The molecule has 1 spiro atoms. The van der Waals surface area contributed by atoms with Crippen molar-refractivity contribution in [2.45, 2.75) is 84.2 Å². The van der Waals surface area contributed by atoms with Gasteiger partial charge in [-0.3, -0.25) is 0 Å². The van der Waals surface area contributed by atoms with E-state index in [9.17, 15) is 0 Å². The zero-order valence-electron chi connectivity index (χ0n) is 18.8. The van der Waals surface area contributed by atoms with Crippen LogP contribution in [0.25, 0.3) is 16.5 Å². The number of anilines is 1. The summed E-state index contributed by atoms with van der Waals surface area (Å²) in [5.41, 5.74) is 6.44. The van der Waals surface area contributed by atoms with Crippen molar-refractivity contribution in [2.75, 3.05) is 4.90 Å². The van der Waals surface area contributed by atoms with Crippen LogP contribution in [0.2, 0.25) is 0 Å². The van der Waals surface area contributed by atoms with Crippen molar-refractivity contribution in [2.24, 2.45) is 5.41 Å². The van der Waals surface area contributed by atoms with Crippen LogP contribution in [-0.4, -0.2) is 21.1 Å². The summed E-state index contributed by atoms with van der Waals surface area (Å²) in [7, 11) is 0. The van der Waals surface area contributed by atoms with Crippen LogP contribution in [0.15, 0.2) is 36.7 Å². The van der Waals surface area contributed by atoms with Gasteiger partial charge in [-0.2, -0.15) is 0 Å². The number of imidazole rings is 1. The van der Waals surface area contributed by atoms with E-state index in [0.717, 1.165) is 6.42 Å². The van der Waals surface area contributed by atoms with Gasteiger partial charge in [-0.25, -0.2) is 4.98 Å². The van der Waals surface area contributed by atoms with E-state index in [-0.39, 0.29) is 5.54 Å². The lowest BCUT2D eigenvalue weighted by Gasteiger charge is -2.42. The molecule has 156 valence electrons. The first-order valence-corrected chi connectivity index (χ1v) is 11.8. The van der Waals surface area contributed by atoms with E-state index in [1.807, 2.05) is 6.20 Å². The molecule has 1 aromatic heterocycles. The molecule has 3 aromatic rings. The highest BCUT2D eigenvalue weighted by Gasteiger charge is 2.54. The third-order valence-corrected chi connectivity index (χ3v) is 8.61. The normalized spacial score (nSPS) is 23.9. The second kappa shape index (κ2) is 6.12. The molecule has 2 aromatic carbocycles. The molecule has 3 aliphatic rings. The van der Waals surface area contributed by atoms with Crippen molar-refractivity contribution in [3.8, 4) is 5.69 Å². The van der Waals surface area contributed by atoms with Crippen molar-refractivity contribution < 1.29 is 0 Å². The predicted octanol–water partition coefficient (Wildman–Crippen LogP) is 6.57. The molecule has 0 bridgehead atoms. The molecule has 1 saturated carbocycles.